The standard InChI is InChI=1S/C20H22N4O3/c1-14-7-19(15(2)27-14)20(25)23-9-17-8-21-13-24(17)18(10-23)12-26-11-16-5-3-4-6-22-16/h3-8,13,18H,9-12H2,1-2H3. The van der Waals surface area contributed by atoms with Crippen molar-refractivity contribution in [2.24, 2.45) is 0 Å². The second-order valence-corrected chi connectivity index (χ2v) is 6.79. The van der Waals surface area contributed by atoms with Crippen molar-refractivity contribution in [1.82, 2.24) is 19.4 Å². The van der Waals surface area contributed by atoms with Gasteiger partial charge >= 0.3 is 0 Å². The van der Waals surface area contributed by atoms with Crippen LogP contribution in [-0.4, -0.2) is 38.5 Å². The zero-order valence-corrected chi connectivity index (χ0v) is 15.5. The van der Waals surface area contributed by atoms with Gasteiger partial charge in [0.05, 0.1) is 49.1 Å². The molecule has 0 saturated heterocycles. The molecule has 3 aromatic rings. The molecule has 1 unspecified atom stereocenters. The Morgan fingerprint density at radius 2 is 2.26 bits per heavy atom. The number of nitrogens with zero attached hydrogens (tertiary/aromatic N) is 4. The van der Waals surface area contributed by atoms with Crippen molar-refractivity contribution in [2.75, 3.05) is 13.2 Å². The highest BCUT2D eigenvalue weighted by Gasteiger charge is 2.30. The third kappa shape index (κ3) is 3.64. The predicted octanol–water partition coefficient (Wildman–Crippen LogP) is 2.90. The summed E-state index contributed by atoms with van der Waals surface area (Å²) in [6.07, 6.45) is 5.36. The van der Waals surface area contributed by atoms with E-state index < -0.39 is 0 Å². The third-order valence-electron chi connectivity index (χ3n) is 4.77. The van der Waals surface area contributed by atoms with E-state index in [0.29, 0.717) is 37.6 Å². The minimum atomic E-state index is -0.0217. The summed E-state index contributed by atoms with van der Waals surface area (Å²) < 4.78 is 13.5. The summed E-state index contributed by atoms with van der Waals surface area (Å²) in [7, 11) is 0. The van der Waals surface area contributed by atoms with Crippen molar-refractivity contribution < 1.29 is 13.9 Å². The highest BCUT2D eigenvalue weighted by Crippen LogP contribution is 2.25. The Morgan fingerprint density at radius 3 is 3.00 bits per heavy atom. The summed E-state index contributed by atoms with van der Waals surface area (Å²) >= 11 is 0. The number of carbonyl (C=O) groups is 1. The molecule has 0 spiro atoms. The van der Waals surface area contributed by atoms with Crippen molar-refractivity contribution in [3.05, 3.63) is 71.5 Å². The van der Waals surface area contributed by atoms with Crippen LogP contribution in [0.4, 0.5) is 0 Å². The van der Waals surface area contributed by atoms with Crippen LogP contribution in [0.5, 0.6) is 0 Å². The number of rotatable bonds is 5. The number of fused-ring (bicyclic) bond motifs is 1. The highest BCUT2D eigenvalue weighted by atomic mass is 16.5. The van der Waals surface area contributed by atoms with Crippen molar-refractivity contribution >= 4 is 5.91 Å². The Kier molecular flexibility index (Phi) is 4.77. The molecular formula is C20H22N4O3. The van der Waals surface area contributed by atoms with E-state index in [2.05, 4.69) is 14.5 Å². The molecule has 4 rings (SSSR count). The summed E-state index contributed by atoms with van der Waals surface area (Å²) in [4.78, 5) is 23.3. The van der Waals surface area contributed by atoms with Gasteiger partial charge in [-0.25, -0.2) is 4.98 Å². The smallest absolute Gasteiger partial charge is 0.257 e. The van der Waals surface area contributed by atoms with Gasteiger partial charge in [-0.05, 0) is 32.0 Å². The van der Waals surface area contributed by atoms with Crippen LogP contribution in [-0.2, 0) is 17.9 Å². The molecular weight excluding hydrogens is 344 g/mol. The van der Waals surface area contributed by atoms with Crippen LogP contribution in [0.25, 0.3) is 0 Å². The molecule has 1 atom stereocenters. The average Bonchev–Trinajstić information content (AvgIpc) is 3.27. The molecule has 0 N–H and O–H groups in total. The van der Waals surface area contributed by atoms with Gasteiger partial charge in [0.25, 0.3) is 5.91 Å². The molecule has 27 heavy (non-hydrogen) atoms. The van der Waals surface area contributed by atoms with Crippen LogP contribution >= 0.6 is 0 Å². The molecule has 0 bridgehead atoms. The van der Waals surface area contributed by atoms with E-state index in [-0.39, 0.29) is 11.9 Å². The highest BCUT2D eigenvalue weighted by molar-refractivity contribution is 5.95. The van der Waals surface area contributed by atoms with E-state index in [4.69, 9.17) is 9.15 Å². The third-order valence-corrected chi connectivity index (χ3v) is 4.77. The molecule has 1 amide bonds. The Bertz CT molecular complexity index is 932. The molecule has 4 heterocycles. The minimum Gasteiger partial charge on any atom is -0.466 e. The van der Waals surface area contributed by atoms with E-state index in [1.54, 1.807) is 24.8 Å². The molecule has 3 aromatic heterocycles. The monoisotopic (exact) mass is 366 g/mol. The Balaban J connectivity index is 1.47. The summed E-state index contributed by atoms with van der Waals surface area (Å²) in [6, 6.07) is 7.57. The molecule has 0 fully saturated rings. The van der Waals surface area contributed by atoms with E-state index in [1.807, 2.05) is 36.9 Å². The van der Waals surface area contributed by atoms with Gasteiger partial charge in [0.15, 0.2) is 0 Å². The number of carbonyl (C=O) groups excluding carboxylic acids is 1. The Hall–Kier alpha value is -2.93. The lowest BCUT2D eigenvalue weighted by atomic mass is 10.1. The molecule has 0 aromatic carbocycles. The number of pyridine rings is 1. The van der Waals surface area contributed by atoms with Crippen LogP contribution in [0.15, 0.2) is 47.4 Å². The maximum absolute atomic E-state index is 13.0. The van der Waals surface area contributed by atoms with Crippen molar-refractivity contribution in [1.29, 1.82) is 0 Å². The molecule has 1 aliphatic heterocycles. The van der Waals surface area contributed by atoms with Gasteiger partial charge in [-0.2, -0.15) is 0 Å². The topological polar surface area (TPSA) is 73.4 Å². The van der Waals surface area contributed by atoms with Crippen LogP contribution in [0.2, 0.25) is 0 Å². The Labute approximate surface area is 157 Å². The lowest BCUT2D eigenvalue weighted by Gasteiger charge is -2.34. The SMILES string of the molecule is Cc1cc(C(=O)N2Cc3cncn3C(COCc3ccccn3)C2)c(C)o1. The summed E-state index contributed by atoms with van der Waals surface area (Å²) in [5.41, 5.74) is 2.50. The van der Waals surface area contributed by atoms with Crippen LogP contribution in [0, 0.1) is 13.8 Å². The number of hydrogen-bond acceptors (Lipinski definition) is 5. The number of imidazole rings is 1. The van der Waals surface area contributed by atoms with Crippen LogP contribution in [0.1, 0.15) is 39.3 Å². The van der Waals surface area contributed by atoms with Crippen molar-refractivity contribution in [2.45, 2.75) is 33.0 Å². The normalized spacial score (nSPS) is 16.4. The van der Waals surface area contributed by atoms with Crippen molar-refractivity contribution in [3.8, 4) is 0 Å². The number of furan rings is 1. The number of amides is 1. The van der Waals surface area contributed by atoms with Gasteiger partial charge in [0, 0.05) is 18.9 Å². The molecule has 0 aliphatic carbocycles. The lowest BCUT2D eigenvalue weighted by molar-refractivity contribution is 0.0472. The molecule has 7 heteroatoms. The molecule has 1 aliphatic rings. The fourth-order valence-electron chi connectivity index (χ4n) is 3.47. The minimum absolute atomic E-state index is 0.0113. The van der Waals surface area contributed by atoms with E-state index in [1.165, 1.54) is 0 Å². The van der Waals surface area contributed by atoms with Gasteiger partial charge < -0.3 is 18.6 Å². The summed E-state index contributed by atoms with van der Waals surface area (Å²) in [5.74, 6) is 1.37. The maximum atomic E-state index is 13.0. The van der Waals surface area contributed by atoms with Gasteiger partial charge in [0.1, 0.15) is 11.5 Å². The number of ether oxygens (including phenoxy) is 1. The van der Waals surface area contributed by atoms with Gasteiger partial charge in [0.2, 0.25) is 0 Å². The van der Waals surface area contributed by atoms with Crippen LogP contribution in [0.3, 0.4) is 0 Å². The number of aryl methyl sites for hydroxylation is 2. The first-order chi connectivity index (χ1) is 13.1. The van der Waals surface area contributed by atoms with Crippen molar-refractivity contribution in [3.63, 3.8) is 0 Å². The van der Waals surface area contributed by atoms with Gasteiger partial charge in [-0.3, -0.25) is 9.78 Å². The fourth-order valence-corrected chi connectivity index (χ4v) is 3.47. The van der Waals surface area contributed by atoms with E-state index in [0.717, 1.165) is 17.1 Å². The Morgan fingerprint density at radius 1 is 1.37 bits per heavy atom. The summed E-state index contributed by atoms with van der Waals surface area (Å²) in [5, 5.41) is 0. The number of hydrogen-bond donors (Lipinski definition) is 0. The van der Waals surface area contributed by atoms with Crippen LogP contribution < -0.4 is 0 Å². The first kappa shape index (κ1) is 17.5. The molecule has 0 saturated carbocycles. The maximum Gasteiger partial charge on any atom is 0.257 e. The van der Waals surface area contributed by atoms with Gasteiger partial charge in [-0.15, -0.1) is 0 Å². The first-order valence-corrected chi connectivity index (χ1v) is 8.96. The second kappa shape index (κ2) is 7.36. The average molecular weight is 366 g/mol. The first-order valence-electron chi connectivity index (χ1n) is 8.96. The summed E-state index contributed by atoms with van der Waals surface area (Å²) in [6.45, 7) is 5.68. The van der Waals surface area contributed by atoms with E-state index in [9.17, 15) is 4.79 Å². The largest absolute Gasteiger partial charge is 0.466 e. The van der Waals surface area contributed by atoms with Gasteiger partial charge in [-0.1, -0.05) is 6.07 Å². The zero-order chi connectivity index (χ0) is 18.8. The number of aromatic nitrogens is 3. The lowest BCUT2D eigenvalue weighted by Crippen LogP contribution is -2.42. The second-order valence-electron chi connectivity index (χ2n) is 6.79. The molecule has 0 radical (unpaired) electrons. The predicted molar refractivity (Wildman–Crippen MR) is 98.1 cm³/mol. The molecule has 7 nitrogen and oxygen atoms in total. The van der Waals surface area contributed by atoms with E-state index >= 15 is 0 Å². The zero-order valence-electron chi connectivity index (χ0n) is 15.5. The molecule has 140 valence electrons. The fraction of sp³-hybridized carbons (Fsp3) is 0.350. The quantitative estimate of drug-likeness (QED) is 0.694.